The normalized spacial score (nSPS) is 11.3. The molecule has 0 fully saturated rings. The number of nitrogens with zero attached hydrogens (tertiary/aromatic N) is 2. The van der Waals surface area contributed by atoms with Gasteiger partial charge in [0.2, 0.25) is 0 Å². The van der Waals surface area contributed by atoms with Crippen LogP contribution in [0.2, 0.25) is 0 Å². The number of rotatable bonds is 5. The summed E-state index contributed by atoms with van der Waals surface area (Å²) in [5.74, 6) is 0. The Hall–Kier alpha value is -6.38. The average molecular weight is 611 g/mol. The van der Waals surface area contributed by atoms with Crippen LogP contribution in [0.4, 0.5) is 0 Å². The highest BCUT2D eigenvalue weighted by molar-refractivity contribution is 6.22. The van der Waals surface area contributed by atoms with Gasteiger partial charge in [-0.05, 0) is 84.1 Å². The van der Waals surface area contributed by atoms with Gasteiger partial charge in [-0.25, -0.2) is 0 Å². The second-order valence-electron chi connectivity index (χ2n) is 12.2. The van der Waals surface area contributed by atoms with Crippen molar-refractivity contribution in [1.82, 2.24) is 9.97 Å². The van der Waals surface area contributed by atoms with Crippen LogP contribution in [0.5, 0.6) is 0 Å². The molecule has 0 aliphatic heterocycles. The molecule has 7 aromatic carbocycles. The van der Waals surface area contributed by atoms with Crippen molar-refractivity contribution in [3.8, 4) is 55.8 Å². The number of pyridine rings is 2. The Morgan fingerprint density at radius 3 is 1.42 bits per heavy atom. The molecule has 0 atom stereocenters. The van der Waals surface area contributed by atoms with Crippen molar-refractivity contribution in [3.05, 3.63) is 182 Å². The van der Waals surface area contributed by atoms with Crippen molar-refractivity contribution >= 4 is 32.3 Å². The van der Waals surface area contributed by atoms with Crippen LogP contribution in [-0.2, 0) is 0 Å². The van der Waals surface area contributed by atoms with E-state index in [-0.39, 0.29) is 0 Å². The van der Waals surface area contributed by atoms with E-state index >= 15 is 0 Å². The van der Waals surface area contributed by atoms with Gasteiger partial charge < -0.3 is 0 Å². The summed E-state index contributed by atoms with van der Waals surface area (Å²) in [5, 5.41) is 7.11. The molecule has 0 N–H and O–H groups in total. The Kier molecular flexibility index (Phi) is 6.84. The first-order valence-corrected chi connectivity index (χ1v) is 16.3. The van der Waals surface area contributed by atoms with E-state index in [1.165, 1.54) is 60.5 Å². The zero-order valence-corrected chi connectivity index (χ0v) is 26.2. The molecule has 48 heavy (non-hydrogen) atoms. The first kappa shape index (κ1) is 27.9. The number of hydrogen-bond acceptors (Lipinski definition) is 2. The van der Waals surface area contributed by atoms with Gasteiger partial charge in [-0.2, -0.15) is 0 Å². The summed E-state index contributed by atoms with van der Waals surface area (Å²) in [6.07, 6.45) is 5.86. The standard InChI is InChI=1S/C46H30N2/c1-4-12-31(13-5-1)34-21-24-40-41(26-34)45(33-16-8-3-9-17-33)39-23-20-35(32-14-6-2-7-15-32)27-42(39)46(40)37-22-25-44(48-29-37)43-30-47-28-36-18-10-11-19-38(36)43/h1-30H. The molecule has 0 bridgehead atoms. The molecule has 0 aliphatic carbocycles. The average Bonchev–Trinajstić information content (AvgIpc) is 3.17. The van der Waals surface area contributed by atoms with Crippen LogP contribution in [-0.4, -0.2) is 9.97 Å². The lowest BCUT2D eigenvalue weighted by Gasteiger charge is -2.19. The highest BCUT2D eigenvalue weighted by Crippen LogP contribution is 2.46. The first-order chi connectivity index (χ1) is 23.8. The van der Waals surface area contributed by atoms with Gasteiger partial charge in [-0.15, -0.1) is 0 Å². The monoisotopic (exact) mass is 610 g/mol. The molecule has 0 saturated carbocycles. The van der Waals surface area contributed by atoms with Crippen LogP contribution >= 0.6 is 0 Å². The molecule has 0 spiro atoms. The van der Waals surface area contributed by atoms with Gasteiger partial charge in [0.1, 0.15) is 0 Å². The van der Waals surface area contributed by atoms with Crippen molar-refractivity contribution in [3.63, 3.8) is 0 Å². The lowest BCUT2D eigenvalue weighted by molar-refractivity contribution is 1.30. The number of aromatic nitrogens is 2. The number of hydrogen-bond donors (Lipinski definition) is 0. The largest absolute Gasteiger partial charge is 0.263 e. The van der Waals surface area contributed by atoms with E-state index in [2.05, 4.69) is 163 Å². The highest BCUT2D eigenvalue weighted by Gasteiger charge is 2.19. The van der Waals surface area contributed by atoms with Crippen molar-refractivity contribution < 1.29 is 0 Å². The number of benzene rings is 7. The summed E-state index contributed by atoms with van der Waals surface area (Å²) >= 11 is 0. The molecule has 0 amide bonds. The van der Waals surface area contributed by atoms with E-state index in [0.717, 1.165) is 27.6 Å². The molecule has 9 aromatic rings. The van der Waals surface area contributed by atoms with Gasteiger partial charge in [-0.1, -0.05) is 146 Å². The molecule has 2 heteroatoms. The lowest BCUT2D eigenvalue weighted by atomic mass is 9.84. The maximum atomic E-state index is 5.08. The van der Waals surface area contributed by atoms with Crippen molar-refractivity contribution in [2.45, 2.75) is 0 Å². The van der Waals surface area contributed by atoms with Crippen molar-refractivity contribution in [1.29, 1.82) is 0 Å². The predicted molar refractivity (Wildman–Crippen MR) is 202 cm³/mol. The molecular weight excluding hydrogens is 581 g/mol. The summed E-state index contributed by atoms with van der Waals surface area (Å²) in [6.45, 7) is 0. The van der Waals surface area contributed by atoms with Gasteiger partial charge in [0.25, 0.3) is 0 Å². The number of fused-ring (bicyclic) bond motifs is 3. The molecule has 0 radical (unpaired) electrons. The van der Waals surface area contributed by atoms with Gasteiger partial charge in [0.05, 0.1) is 5.69 Å². The third-order valence-corrected chi connectivity index (χ3v) is 9.39. The van der Waals surface area contributed by atoms with Crippen LogP contribution in [0.25, 0.3) is 88.1 Å². The molecule has 0 aliphatic rings. The van der Waals surface area contributed by atoms with Crippen LogP contribution in [0, 0.1) is 0 Å². The Bertz CT molecular complexity index is 2570. The van der Waals surface area contributed by atoms with E-state index < -0.39 is 0 Å². The van der Waals surface area contributed by atoms with Crippen molar-refractivity contribution in [2.24, 2.45) is 0 Å². The van der Waals surface area contributed by atoms with E-state index in [1.807, 2.05) is 24.7 Å². The zero-order valence-electron chi connectivity index (χ0n) is 26.2. The smallest absolute Gasteiger partial charge is 0.0724 e. The predicted octanol–water partition coefficient (Wildman–Crippen LogP) is 12.3. The molecule has 2 heterocycles. The fourth-order valence-electron chi connectivity index (χ4n) is 7.10. The third kappa shape index (κ3) is 4.83. The molecule has 224 valence electrons. The second kappa shape index (κ2) is 11.8. The van der Waals surface area contributed by atoms with Gasteiger partial charge in [0.15, 0.2) is 0 Å². The molecule has 9 rings (SSSR count). The molecule has 2 nitrogen and oxygen atoms in total. The minimum Gasteiger partial charge on any atom is -0.263 e. The molecule has 0 saturated heterocycles. The van der Waals surface area contributed by atoms with Crippen LogP contribution < -0.4 is 0 Å². The molecule has 0 unspecified atom stereocenters. The zero-order chi connectivity index (χ0) is 31.9. The van der Waals surface area contributed by atoms with Crippen LogP contribution in [0.1, 0.15) is 0 Å². The maximum absolute atomic E-state index is 5.08. The van der Waals surface area contributed by atoms with Gasteiger partial charge in [0, 0.05) is 35.1 Å². The summed E-state index contributed by atoms with van der Waals surface area (Å²) in [4.78, 5) is 9.60. The van der Waals surface area contributed by atoms with E-state index in [9.17, 15) is 0 Å². The fourth-order valence-corrected chi connectivity index (χ4v) is 7.10. The maximum Gasteiger partial charge on any atom is 0.0724 e. The van der Waals surface area contributed by atoms with E-state index in [4.69, 9.17) is 4.98 Å². The summed E-state index contributed by atoms with van der Waals surface area (Å²) in [6, 6.07) is 58.7. The fraction of sp³-hybridized carbons (Fsp3) is 0. The third-order valence-electron chi connectivity index (χ3n) is 9.39. The van der Waals surface area contributed by atoms with Crippen LogP contribution in [0.15, 0.2) is 182 Å². The quantitative estimate of drug-likeness (QED) is 0.181. The van der Waals surface area contributed by atoms with Crippen LogP contribution in [0.3, 0.4) is 0 Å². The minimum absolute atomic E-state index is 0.911. The summed E-state index contributed by atoms with van der Waals surface area (Å²) in [5.41, 5.74) is 11.4. The first-order valence-electron chi connectivity index (χ1n) is 16.3. The van der Waals surface area contributed by atoms with Gasteiger partial charge >= 0.3 is 0 Å². The van der Waals surface area contributed by atoms with E-state index in [1.54, 1.807) is 0 Å². The molecular formula is C46H30N2. The Balaban J connectivity index is 1.34. The minimum atomic E-state index is 0.911. The summed E-state index contributed by atoms with van der Waals surface area (Å²) in [7, 11) is 0. The highest BCUT2D eigenvalue weighted by atomic mass is 14.7. The topological polar surface area (TPSA) is 25.8 Å². The Morgan fingerprint density at radius 1 is 0.312 bits per heavy atom. The second-order valence-corrected chi connectivity index (χ2v) is 12.2. The Morgan fingerprint density at radius 2 is 0.833 bits per heavy atom. The summed E-state index contributed by atoms with van der Waals surface area (Å²) < 4.78 is 0. The van der Waals surface area contributed by atoms with E-state index in [0.29, 0.717) is 0 Å². The molecule has 2 aromatic heterocycles. The van der Waals surface area contributed by atoms with Gasteiger partial charge in [-0.3, -0.25) is 9.97 Å². The van der Waals surface area contributed by atoms with Crippen molar-refractivity contribution in [2.75, 3.05) is 0 Å². The lowest BCUT2D eigenvalue weighted by Crippen LogP contribution is -1.94. The Labute approximate surface area is 279 Å². The SMILES string of the molecule is c1ccc(-c2ccc3c(-c4ccc(-c5cncc6ccccc56)nc4)c4cc(-c5ccccc5)ccc4c(-c4ccccc4)c3c2)cc1.